The fourth-order valence-corrected chi connectivity index (χ4v) is 5.47. The number of rotatable bonds is 11. The molecule has 0 unspecified atom stereocenters. The molecule has 3 rings (SSSR count). The van der Waals surface area contributed by atoms with Crippen molar-refractivity contribution in [1.29, 1.82) is 0 Å². The summed E-state index contributed by atoms with van der Waals surface area (Å²) in [5.74, 6) is -0.818. The highest BCUT2D eigenvalue weighted by molar-refractivity contribution is 7.87. The molecule has 1 heterocycles. The zero-order chi connectivity index (χ0) is 27.5. The standard InChI is InChI=1S/C18H23F3O3S.C9H12O2S/c1-2-3-4-5-7-14-10-12-15(13-11-14)16-8-6-9-17(16)24-25(22,23)18(19,20)21;1-3-4-7-5-6-8(12-7)9(10)11-2/h9-13,16H,2-8H2,1H3;5-6H,3-4H2,1-2H3/t16-;/m0./s1. The van der Waals surface area contributed by atoms with E-state index in [1.807, 2.05) is 36.4 Å². The van der Waals surface area contributed by atoms with Crippen molar-refractivity contribution in [3.63, 3.8) is 0 Å². The number of carbonyl (C=O) groups is 1. The van der Waals surface area contributed by atoms with Gasteiger partial charge in [0.15, 0.2) is 0 Å². The number of hydrogen-bond donors (Lipinski definition) is 0. The van der Waals surface area contributed by atoms with E-state index in [1.54, 1.807) is 0 Å². The molecule has 0 saturated heterocycles. The smallest absolute Gasteiger partial charge is 0.465 e. The lowest BCUT2D eigenvalue weighted by atomic mass is 9.95. The number of halogens is 3. The Labute approximate surface area is 221 Å². The van der Waals surface area contributed by atoms with Gasteiger partial charge in [-0.05, 0) is 61.4 Å². The maximum Gasteiger partial charge on any atom is 0.534 e. The molecule has 5 nitrogen and oxygen atoms in total. The molecule has 0 fully saturated rings. The molecule has 0 bridgehead atoms. The molecule has 0 saturated carbocycles. The predicted molar refractivity (Wildman–Crippen MR) is 140 cm³/mol. The van der Waals surface area contributed by atoms with Crippen molar-refractivity contribution >= 4 is 27.4 Å². The number of methoxy groups -OCH3 is 1. The Kier molecular flexibility index (Phi) is 12.2. The number of alkyl halides is 3. The van der Waals surface area contributed by atoms with E-state index >= 15 is 0 Å². The van der Waals surface area contributed by atoms with E-state index in [4.69, 9.17) is 0 Å². The van der Waals surface area contributed by atoms with Crippen molar-refractivity contribution in [3.05, 3.63) is 69.1 Å². The lowest BCUT2D eigenvalue weighted by Crippen LogP contribution is -2.26. The zero-order valence-electron chi connectivity index (χ0n) is 21.5. The van der Waals surface area contributed by atoms with Crippen LogP contribution in [0.15, 0.2) is 48.2 Å². The van der Waals surface area contributed by atoms with Crippen molar-refractivity contribution in [2.75, 3.05) is 7.11 Å². The monoisotopic (exact) mass is 560 g/mol. The maximum atomic E-state index is 12.5. The number of ether oxygens (including phenoxy) is 1. The Morgan fingerprint density at radius 3 is 2.30 bits per heavy atom. The summed E-state index contributed by atoms with van der Waals surface area (Å²) >= 11 is 1.52. The van der Waals surface area contributed by atoms with Gasteiger partial charge in [-0.1, -0.05) is 63.8 Å². The van der Waals surface area contributed by atoms with E-state index in [0.29, 0.717) is 17.7 Å². The van der Waals surface area contributed by atoms with Crippen molar-refractivity contribution in [2.45, 2.75) is 83.1 Å². The van der Waals surface area contributed by atoms with E-state index in [2.05, 4.69) is 22.8 Å². The first-order valence-electron chi connectivity index (χ1n) is 12.5. The second kappa shape index (κ2) is 14.6. The number of allylic oxidation sites excluding steroid dienone is 2. The first kappa shape index (κ1) is 30.9. The minimum Gasteiger partial charge on any atom is -0.465 e. The van der Waals surface area contributed by atoms with E-state index < -0.39 is 21.5 Å². The zero-order valence-corrected chi connectivity index (χ0v) is 23.1. The van der Waals surface area contributed by atoms with E-state index in [9.17, 15) is 26.4 Å². The van der Waals surface area contributed by atoms with Gasteiger partial charge in [0.05, 0.1) is 7.11 Å². The molecular weight excluding hydrogens is 525 g/mol. The summed E-state index contributed by atoms with van der Waals surface area (Å²) in [6.07, 6.45) is 10.2. The molecule has 37 heavy (non-hydrogen) atoms. The first-order chi connectivity index (χ1) is 17.5. The highest BCUT2D eigenvalue weighted by Gasteiger charge is 2.49. The second-order valence-electron chi connectivity index (χ2n) is 8.78. The number of unbranched alkanes of at least 4 members (excludes halogenated alkanes) is 3. The fraction of sp³-hybridized carbons (Fsp3) is 0.519. The Bertz CT molecular complexity index is 1120. The highest BCUT2D eigenvalue weighted by Crippen LogP contribution is 2.39. The number of benzene rings is 1. The lowest BCUT2D eigenvalue weighted by molar-refractivity contribution is -0.0524. The van der Waals surface area contributed by atoms with Gasteiger partial charge in [-0.25, -0.2) is 4.79 Å². The molecule has 0 spiro atoms. The number of hydrogen-bond acceptors (Lipinski definition) is 6. The number of carbonyl (C=O) groups excluding carboxylic acids is 1. The quantitative estimate of drug-likeness (QED) is 0.121. The molecule has 0 radical (unpaired) electrons. The molecule has 1 aromatic heterocycles. The molecule has 2 aromatic rings. The molecular formula is C27H35F3O5S2. The van der Waals surface area contributed by atoms with Crippen molar-refractivity contribution in [1.82, 2.24) is 0 Å². The van der Waals surface area contributed by atoms with Crippen molar-refractivity contribution < 1.29 is 35.3 Å². The molecule has 0 aliphatic heterocycles. The largest absolute Gasteiger partial charge is 0.534 e. The van der Waals surface area contributed by atoms with Crippen molar-refractivity contribution in [2.24, 2.45) is 0 Å². The minimum atomic E-state index is -5.62. The van der Waals surface area contributed by atoms with Gasteiger partial charge < -0.3 is 8.92 Å². The predicted octanol–water partition coefficient (Wildman–Crippen LogP) is 7.92. The van der Waals surface area contributed by atoms with Crippen LogP contribution in [0, 0.1) is 0 Å². The first-order valence-corrected chi connectivity index (χ1v) is 14.7. The van der Waals surface area contributed by atoms with Crippen LogP contribution >= 0.6 is 11.3 Å². The molecule has 1 aliphatic carbocycles. The summed E-state index contributed by atoms with van der Waals surface area (Å²) in [4.78, 5) is 13.0. The summed E-state index contributed by atoms with van der Waals surface area (Å²) in [6.45, 7) is 4.28. The molecule has 1 atom stereocenters. The molecule has 0 N–H and O–H groups in total. The van der Waals surface area contributed by atoms with E-state index in [1.165, 1.54) is 54.2 Å². The van der Waals surface area contributed by atoms with Crippen LogP contribution in [0.2, 0.25) is 0 Å². The Balaban J connectivity index is 0.000000335. The van der Waals surface area contributed by atoms with Gasteiger partial charge in [0.25, 0.3) is 0 Å². The van der Waals surface area contributed by atoms with Gasteiger partial charge in [-0.15, -0.1) is 11.3 Å². The number of thiophene rings is 1. The van der Waals surface area contributed by atoms with Crippen LogP contribution in [0.1, 0.15) is 90.4 Å². The van der Waals surface area contributed by atoms with Crippen LogP contribution < -0.4 is 0 Å². The Hall–Kier alpha value is -2.33. The third-order valence-electron chi connectivity index (χ3n) is 5.88. The molecule has 1 aromatic carbocycles. The van der Waals surface area contributed by atoms with Crippen LogP contribution in [0.3, 0.4) is 0 Å². The van der Waals surface area contributed by atoms with E-state index in [0.717, 1.165) is 31.2 Å². The van der Waals surface area contributed by atoms with Crippen molar-refractivity contribution in [3.8, 4) is 0 Å². The Morgan fingerprint density at radius 1 is 1.00 bits per heavy atom. The van der Waals surface area contributed by atoms with Crippen LogP contribution in [-0.4, -0.2) is 27.0 Å². The summed E-state index contributed by atoms with van der Waals surface area (Å²) in [5.41, 5.74) is -3.46. The van der Waals surface area contributed by atoms with E-state index in [-0.39, 0.29) is 11.7 Å². The minimum absolute atomic E-state index is 0.131. The van der Waals surface area contributed by atoms with Crippen LogP contribution in [0.25, 0.3) is 0 Å². The van der Waals surface area contributed by atoms with Gasteiger partial charge in [-0.3, -0.25) is 0 Å². The summed E-state index contributed by atoms with van der Waals surface area (Å²) in [5, 5.41) is 0. The highest BCUT2D eigenvalue weighted by atomic mass is 32.2. The molecule has 1 aliphatic rings. The topological polar surface area (TPSA) is 69.7 Å². The average Bonchev–Trinajstić information content (AvgIpc) is 3.51. The summed E-state index contributed by atoms with van der Waals surface area (Å²) in [6, 6.07) is 11.4. The van der Waals surface area contributed by atoms with Gasteiger partial charge in [0, 0.05) is 10.8 Å². The summed E-state index contributed by atoms with van der Waals surface area (Å²) < 4.78 is 68.9. The maximum absolute atomic E-state index is 12.5. The second-order valence-corrected chi connectivity index (χ2v) is 11.5. The Morgan fingerprint density at radius 2 is 1.70 bits per heavy atom. The van der Waals surface area contributed by atoms with Crippen LogP contribution in [0.5, 0.6) is 0 Å². The third kappa shape index (κ3) is 9.48. The molecule has 0 amide bonds. The number of aryl methyl sites for hydroxylation is 2. The van der Waals surface area contributed by atoms with Gasteiger partial charge in [-0.2, -0.15) is 21.6 Å². The van der Waals surface area contributed by atoms with Gasteiger partial charge in [0.2, 0.25) is 0 Å². The van der Waals surface area contributed by atoms with Crippen LogP contribution in [-0.2, 0) is 31.9 Å². The van der Waals surface area contributed by atoms with Crippen LogP contribution in [0.4, 0.5) is 13.2 Å². The normalized spacial score (nSPS) is 15.5. The molecule has 10 heteroatoms. The third-order valence-corrected chi connectivity index (χ3v) is 7.98. The number of esters is 1. The molecule has 206 valence electrons. The SMILES string of the molecule is CCCCCCc1ccc([C@@H]2CCC=C2OS(=O)(=O)C(F)(F)F)cc1.CCCc1ccc(C(=O)OC)s1. The lowest BCUT2D eigenvalue weighted by Gasteiger charge is -2.17. The fourth-order valence-electron chi connectivity index (χ4n) is 3.92. The van der Waals surface area contributed by atoms with Gasteiger partial charge in [0.1, 0.15) is 10.6 Å². The average molecular weight is 561 g/mol. The summed E-state index contributed by atoms with van der Waals surface area (Å²) in [7, 11) is -4.21. The van der Waals surface area contributed by atoms with Gasteiger partial charge >= 0.3 is 21.6 Å².